The maximum atomic E-state index is 5.26. The number of ether oxygens (including phenoxy) is 1. The van der Waals surface area contributed by atoms with E-state index in [0.29, 0.717) is 6.61 Å². The summed E-state index contributed by atoms with van der Waals surface area (Å²) in [5.41, 5.74) is 1.01. The van der Waals surface area contributed by atoms with Crippen molar-refractivity contribution in [1.29, 1.82) is 0 Å². The molecule has 2 rings (SSSR count). The molecule has 0 saturated heterocycles. The number of hydrogen-bond acceptors (Lipinski definition) is 2. The van der Waals surface area contributed by atoms with Crippen LogP contribution in [0.4, 0.5) is 0 Å². The minimum absolute atomic E-state index is 0.711. The summed E-state index contributed by atoms with van der Waals surface area (Å²) in [6, 6.07) is 0. The van der Waals surface area contributed by atoms with Crippen molar-refractivity contribution >= 4 is 5.76 Å². The predicted octanol–water partition coefficient (Wildman–Crippen LogP) is 1.19. The first-order valence-electron chi connectivity index (χ1n) is 3.63. The quantitative estimate of drug-likeness (QED) is 0.555. The highest BCUT2D eigenvalue weighted by atomic mass is 16.5. The van der Waals surface area contributed by atoms with Crippen molar-refractivity contribution in [1.82, 2.24) is 9.55 Å². The third-order valence-electron chi connectivity index (χ3n) is 1.93. The summed E-state index contributed by atoms with van der Waals surface area (Å²) < 4.78 is 7.38. The first-order chi connectivity index (χ1) is 5.29. The average molecular weight is 150 g/mol. The van der Waals surface area contributed by atoms with Gasteiger partial charge < -0.3 is 9.30 Å². The second-order valence-corrected chi connectivity index (χ2v) is 2.61. The van der Waals surface area contributed by atoms with Gasteiger partial charge in [-0.1, -0.05) is 6.58 Å². The van der Waals surface area contributed by atoms with Gasteiger partial charge in [0.15, 0.2) is 0 Å². The molecule has 0 amide bonds. The van der Waals surface area contributed by atoms with E-state index in [1.54, 1.807) is 6.20 Å². The lowest BCUT2D eigenvalue weighted by Gasteiger charge is -2.18. The van der Waals surface area contributed by atoms with Gasteiger partial charge in [0.1, 0.15) is 23.9 Å². The average Bonchev–Trinajstić information content (AvgIpc) is 2.35. The third-order valence-corrected chi connectivity index (χ3v) is 1.93. The van der Waals surface area contributed by atoms with Crippen molar-refractivity contribution in [3.63, 3.8) is 0 Å². The number of fused-ring (bicyclic) bond motifs is 1. The SMILES string of the molecule is C=C1OCCn2c1cnc2C. The van der Waals surface area contributed by atoms with E-state index in [1.807, 2.05) is 6.92 Å². The Morgan fingerprint density at radius 2 is 2.55 bits per heavy atom. The lowest BCUT2D eigenvalue weighted by molar-refractivity contribution is 0.237. The molecule has 1 aromatic rings. The van der Waals surface area contributed by atoms with Crippen LogP contribution in [0.1, 0.15) is 11.5 Å². The predicted molar refractivity (Wildman–Crippen MR) is 42.0 cm³/mol. The summed E-state index contributed by atoms with van der Waals surface area (Å²) in [7, 11) is 0. The molecule has 0 unspecified atom stereocenters. The smallest absolute Gasteiger partial charge is 0.137 e. The molecule has 0 spiro atoms. The van der Waals surface area contributed by atoms with Crippen LogP contribution >= 0.6 is 0 Å². The maximum absolute atomic E-state index is 5.26. The highest BCUT2D eigenvalue weighted by Gasteiger charge is 2.14. The van der Waals surface area contributed by atoms with E-state index in [4.69, 9.17) is 4.74 Å². The van der Waals surface area contributed by atoms with Crippen molar-refractivity contribution in [2.24, 2.45) is 0 Å². The Hall–Kier alpha value is -1.25. The van der Waals surface area contributed by atoms with Gasteiger partial charge >= 0.3 is 0 Å². The lowest BCUT2D eigenvalue weighted by Crippen LogP contribution is -2.15. The van der Waals surface area contributed by atoms with E-state index in [-0.39, 0.29) is 0 Å². The molecule has 2 heterocycles. The number of hydrogen-bond donors (Lipinski definition) is 0. The molecule has 0 fully saturated rings. The second-order valence-electron chi connectivity index (χ2n) is 2.61. The molecule has 1 aromatic heterocycles. The van der Waals surface area contributed by atoms with Crippen LogP contribution < -0.4 is 0 Å². The van der Waals surface area contributed by atoms with Crippen LogP contribution in [0.5, 0.6) is 0 Å². The normalized spacial score (nSPS) is 15.9. The molecular weight excluding hydrogens is 140 g/mol. The molecule has 0 bridgehead atoms. The zero-order chi connectivity index (χ0) is 7.84. The van der Waals surface area contributed by atoms with Crippen LogP contribution in [-0.2, 0) is 11.3 Å². The Labute approximate surface area is 65.3 Å². The first kappa shape index (κ1) is 6.46. The Morgan fingerprint density at radius 3 is 3.27 bits per heavy atom. The summed E-state index contributed by atoms with van der Waals surface area (Å²) >= 11 is 0. The van der Waals surface area contributed by atoms with Crippen LogP contribution in [0, 0.1) is 6.92 Å². The Kier molecular flexibility index (Phi) is 1.24. The molecule has 58 valence electrons. The van der Waals surface area contributed by atoms with Crippen molar-refractivity contribution in [2.45, 2.75) is 13.5 Å². The number of aromatic nitrogens is 2. The van der Waals surface area contributed by atoms with E-state index in [0.717, 1.165) is 23.8 Å². The maximum Gasteiger partial charge on any atom is 0.137 e. The van der Waals surface area contributed by atoms with Crippen LogP contribution in [0.3, 0.4) is 0 Å². The zero-order valence-corrected chi connectivity index (χ0v) is 6.50. The van der Waals surface area contributed by atoms with Gasteiger partial charge in [-0.05, 0) is 6.92 Å². The van der Waals surface area contributed by atoms with Gasteiger partial charge in [-0.15, -0.1) is 0 Å². The molecular formula is C8H10N2O. The minimum Gasteiger partial charge on any atom is -0.490 e. The van der Waals surface area contributed by atoms with Gasteiger partial charge in [-0.25, -0.2) is 4.98 Å². The van der Waals surface area contributed by atoms with Gasteiger partial charge in [-0.2, -0.15) is 0 Å². The van der Waals surface area contributed by atoms with E-state index >= 15 is 0 Å². The number of imidazole rings is 1. The number of nitrogens with zero attached hydrogens (tertiary/aromatic N) is 2. The molecule has 0 saturated carbocycles. The molecule has 0 N–H and O–H groups in total. The molecule has 0 aliphatic carbocycles. The number of rotatable bonds is 0. The van der Waals surface area contributed by atoms with Gasteiger partial charge in [0.2, 0.25) is 0 Å². The van der Waals surface area contributed by atoms with Crippen molar-refractivity contribution < 1.29 is 4.74 Å². The molecule has 0 atom stereocenters. The molecule has 3 heteroatoms. The first-order valence-corrected chi connectivity index (χ1v) is 3.63. The van der Waals surface area contributed by atoms with Crippen LogP contribution in [0.25, 0.3) is 5.76 Å². The minimum atomic E-state index is 0.711. The van der Waals surface area contributed by atoms with Gasteiger partial charge in [0.25, 0.3) is 0 Å². The van der Waals surface area contributed by atoms with Gasteiger partial charge in [0, 0.05) is 0 Å². The van der Waals surface area contributed by atoms with Crippen LogP contribution in [0.15, 0.2) is 12.8 Å². The van der Waals surface area contributed by atoms with Crippen LogP contribution in [0.2, 0.25) is 0 Å². The van der Waals surface area contributed by atoms with E-state index in [9.17, 15) is 0 Å². The summed E-state index contributed by atoms with van der Waals surface area (Å²) in [5.74, 6) is 1.77. The largest absolute Gasteiger partial charge is 0.490 e. The monoisotopic (exact) mass is 150 g/mol. The molecule has 0 aromatic carbocycles. The number of aryl methyl sites for hydroxylation is 1. The van der Waals surface area contributed by atoms with E-state index < -0.39 is 0 Å². The van der Waals surface area contributed by atoms with Crippen molar-refractivity contribution in [3.05, 3.63) is 24.3 Å². The van der Waals surface area contributed by atoms with Gasteiger partial charge in [0.05, 0.1) is 12.7 Å². The molecule has 1 aliphatic rings. The summed E-state index contributed by atoms with van der Waals surface area (Å²) in [6.07, 6.45) is 1.80. The lowest BCUT2D eigenvalue weighted by atomic mass is 10.3. The topological polar surface area (TPSA) is 27.1 Å². The highest BCUT2D eigenvalue weighted by Crippen LogP contribution is 2.19. The Balaban J connectivity index is 2.55. The van der Waals surface area contributed by atoms with Gasteiger partial charge in [-0.3, -0.25) is 0 Å². The fourth-order valence-electron chi connectivity index (χ4n) is 1.31. The van der Waals surface area contributed by atoms with Crippen molar-refractivity contribution in [3.8, 4) is 0 Å². The van der Waals surface area contributed by atoms with Crippen LogP contribution in [-0.4, -0.2) is 16.2 Å². The van der Waals surface area contributed by atoms with E-state index in [1.165, 1.54) is 0 Å². The van der Waals surface area contributed by atoms with E-state index in [2.05, 4.69) is 16.1 Å². The Morgan fingerprint density at radius 1 is 1.73 bits per heavy atom. The molecule has 11 heavy (non-hydrogen) atoms. The molecule has 0 radical (unpaired) electrons. The fourth-order valence-corrected chi connectivity index (χ4v) is 1.31. The van der Waals surface area contributed by atoms with Crippen molar-refractivity contribution in [2.75, 3.05) is 6.61 Å². The molecule has 1 aliphatic heterocycles. The third kappa shape index (κ3) is 0.843. The second kappa shape index (κ2) is 2.12. The summed E-state index contributed by atoms with van der Waals surface area (Å²) in [4.78, 5) is 4.17. The molecule has 3 nitrogen and oxygen atoms in total. The standard InChI is InChI=1S/C8H10N2O/c1-6-8-5-9-7(2)10(8)3-4-11-6/h5H,1,3-4H2,2H3. The highest BCUT2D eigenvalue weighted by molar-refractivity contribution is 5.54. The summed E-state index contributed by atoms with van der Waals surface area (Å²) in [6.45, 7) is 7.37. The Bertz CT molecular complexity index is 301. The summed E-state index contributed by atoms with van der Waals surface area (Å²) in [5, 5.41) is 0. The zero-order valence-electron chi connectivity index (χ0n) is 6.50. The fraction of sp³-hybridized carbons (Fsp3) is 0.375.